The van der Waals surface area contributed by atoms with Crippen molar-refractivity contribution >= 4 is 23.4 Å². The van der Waals surface area contributed by atoms with Gasteiger partial charge in [0.25, 0.3) is 5.91 Å². The molecule has 0 aliphatic carbocycles. The predicted octanol–water partition coefficient (Wildman–Crippen LogP) is 3.85. The maximum absolute atomic E-state index is 12.5. The lowest BCUT2D eigenvalue weighted by molar-refractivity contribution is -0.141. The zero-order chi connectivity index (χ0) is 15.7. The Bertz CT molecular complexity index is 701. The number of aromatic nitrogens is 1. The number of alkyl halides is 3. The third-order valence-electron chi connectivity index (χ3n) is 3.27. The van der Waals surface area contributed by atoms with E-state index < -0.39 is 11.9 Å². The molecule has 22 heavy (non-hydrogen) atoms. The molecule has 0 saturated carbocycles. The zero-order valence-corrected chi connectivity index (χ0v) is 12.1. The van der Waals surface area contributed by atoms with Crippen molar-refractivity contribution in [3.63, 3.8) is 0 Å². The molecule has 114 valence electrons. The Morgan fingerprint density at radius 3 is 2.64 bits per heavy atom. The van der Waals surface area contributed by atoms with Crippen molar-refractivity contribution in [2.24, 2.45) is 0 Å². The summed E-state index contributed by atoms with van der Waals surface area (Å²) in [6.45, 7) is 0.515. The van der Waals surface area contributed by atoms with Crippen molar-refractivity contribution in [2.45, 2.75) is 11.1 Å². The van der Waals surface area contributed by atoms with Gasteiger partial charge in [0.2, 0.25) is 0 Å². The summed E-state index contributed by atoms with van der Waals surface area (Å²) in [5, 5.41) is 0. The van der Waals surface area contributed by atoms with Crippen LogP contribution in [0.2, 0.25) is 0 Å². The van der Waals surface area contributed by atoms with Gasteiger partial charge in [-0.3, -0.25) is 9.78 Å². The molecule has 2 aromatic rings. The van der Waals surface area contributed by atoms with Crippen LogP contribution in [0, 0.1) is 0 Å². The minimum atomic E-state index is -4.50. The van der Waals surface area contributed by atoms with Crippen LogP contribution in [0.1, 0.15) is 16.1 Å². The molecular formula is C15H11F3N2OS. The number of amides is 1. The summed E-state index contributed by atoms with van der Waals surface area (Å²) >= 11 is 1.65. The second kappa shape index (κ2) is 5.64. The van der Waals surface area contributed by atoms with E-state index in [1.165, 1.54) is 6.07 Å². The number of rotatable bonds is 1. The zero-order valence-electron chi connectivity index (χ0n) is 11.3. The minimum Gasteiger partial charge on any atom is -0.306 e. The number of hydrogen-bond donors (Lipinski definition) is 0. The number of thioether (sulfide) groups is 1. The van der Waals surface area contributed by atoms with Crippen molar-refractivity contribution in [3.05, 3.63) is 53.9 Å². The Balaban J connectivity index is 1.89. The molecule has 0 saturated heterocycles. The molecule has 1 aliphatic rings. The molecule has 3 rings (SSSR count). The van der Waals surface area contributed by atoms with Gasteiger partial charge in [-0.15, -0.1) is 11.8 Å². The van der Waals surface area contributed by atoms with Crippen LogP contribution in [-0.4, -0.2) is 23.2 Å². The molecule has 2 heterocycles. The first kappa shape index (κ1) is 14.9. The standard InChI is InChI=1S/C15H11F3N2OS/c16-15(17,18)13-6-5-10(9-19-13)14(21)20-7-8-22-12-4-2-1-3-11(12)20/h1-6,9H,7-8H2. The molecule has 0 spiro atoms. The van der Waals surface area contributed by atoms with Crippen LogP contribution in [0.15, 0.2) is 47.5 Å². The topological polar surface area (TPSA) is 33.2 Å². The van der Waals surface area contributed by atoms with Gasteiger partial charge in [-0.2, -0.15) is 13.2 Å². The van der Waals surface area contributed by atoms with E-state index in [1.54, 1.807) is 16.7 Å². The second-order valence-electron chi connectivity index (χ2n) is 4.70. The van der Waals surface area contributed by atoms with Crippen LogP contribution in [0.4, 0.5) is 18.9 Å². The molecule has 3 nitrogen and oxygen atoms in total. The number of benzene rings is 1. The summed E-state index contributed by atoms with van der Waals surface area (Å²) in [5.41, 5.74) is -0.0722. The van der Waals surface area contributed by atoms with Gasteiger partial charge in [0, 0.05) is 23.4 Å². The van der Waals surface area contributed by atoms with E-state index in [0.717, 1.165) is 28.6 Å². The summed E-state index contributed by atoms with van der Waals surface area (Å²) in [7, 11) is 0. The van der Waals surface area contributed by atoms with Crippen molar-refractivity contribution < 1.29 is 18.0 Å². The molecule has 0 N–H and O–H groups in total. The third kappa shape index (κ3) is 2.81. The smallest absolute Gasteiger partial charge is 0.306 e. The number of halogens is 3. The quantitative estimate of drug-likeness (QED) is 0.799. The number of hydrogen-bond acceptors (Lipinski definition) is 3. The Morgan fingerprint density at radius 1 is 1.18 bits per heavy atom. The lowest BCUT2D eigenvalue weighted by atomic mass is 10.2. The molecule has 0 unspecified atom stereocenters. The van der Waals surface area contributed by atoms with E-state index in [2.05, 4.69) is 4.98 Å². The van der Waals surface area contributed by atoms with Crippen molar-refractivity contribution in [1.82, 2.24) is 4.98 Å². The number of carbonyl (C=O) groups excluding carboxylic acids is 1. The molecule has 1 aromatic carbocycles. The molecule has 1 aromatic heterocycles. The molecule has 0 atom stereocenters. The molecule has 7 heteroatoms. The minimum absolute atomic E-state index is 0.148. The van der Waals surface area contributed by atoms with Gasteiger partial charge in [-0.1, -0.05) is 12.1 Å². The molecule has 1 amide bonds. The first-order chi connectivity index (χ1) is 10.5. The summed E-state index contributed by atoms with van der Waals surface area (Å²) in [6, 6.07) is 9.47. The van der Waals surface area contributed by atoms with Crippen LogP contribution in [0.3, 0.4) is 0 Å². The van der Waals surface area contributed by atoms with Gasteiger partial charge in [0.15, 0.2) is 0 Å². The van der Waals surface area contributed by atoms with E-state index in [-0.39, 0.29) is 11.5 Å². The van der Waals surface area contributed by atoms with E-state index in [9.17, 15) is 18.0 Å². The number of para-hydroxylation sites is 1. The van der Waals surface area contributed by atoms with Gasteiger partial charge in [-0.05, 0) is 24.3 Å². The van der Waals surface area contributed by atoms with Gasteiger partial charge < -0.3 is 4.90 Å². The van der Waals surface area contributed by atoms with Gasteiger partial charge >= 0.3 is 6.18 Å². The van der Waals surface area contributed by atoms with Crippen molar-refractivity contribution in [2.75, 3.05) is 17.2 Å². The van der Waals surface area contributed by atoms with Crippen molar-refractivity contribution in [1.29, 1.82) is 0 Å². The highest BCUT2D eigenvalue weighted by Gasteiger charge is 2.32. The Hall–Kier alpha value is -2.02. The molecular weight excluding hydrogens is 313 g/mol. The highest BCUT2D eigenvalue weighted by molar-refractivity contribution is 7.99. The first-order valence-corrected chi connectivity index (χ1v) is 7.52. The second-order valence-corrected chi connectivity index (χ2v) is 5.84. The number of carbonyl (C=O) groups is 1. The number of pyridine rings is 1. The SMILES string of the molecule is O=C(c1ccc(C(F)(F)F)nc1)N1CCSc2ccccc21. The maximum Gasteiger partial charge on any atom is 0.433 e. The lowest BCUT2D eigenvalue weighted by Crippen LogP contribution is -2.35. The highest BCUT2D eigenvalue weighted by Crippen LogP contribution is 2.35. The average Bonchev–Trinajstić information content (AvgIpc) is 2.53. The lowest BCUT2D eigenvalue weighted by Gasteiger charge is -2.29. The Kier molecular flexibility index (Phi) is 3.82. The first-order valence-electron chi connectivity index (χ1n) is 6.54. The fourth-order valence-electron chi connectivity index (χ4n) is 2.22. The molecule has 1 aliphatic heterocycles. The van der Waals surface area contributed by atoms with Crippen LogP contribution in [0.25, 0.3) is 0 Å². The van der Waals surface area contributed by atoms with E-state index in [4.69, 9.17) is 0 Å². The molecule has 0 fully saturated rings. The van der Waals surface area contributed by atoms with Gasteiger partial charge in [0.1, 0.15) is 5.69 Å². The monoisotopic (exact) mass is 324 g/mol. The van der Waals surface area contributed by atoms with Gasteiger partial charge in [-0.25, -0.2) is 0 Å². The fourth-order valence-corrected chi connectivity index (χ4v) is 3.22. The fraction of sp³-hybridized carbons (Fsp3) is 0.200. The summed E-state index contributed by atoms with van der Waals surface area (Å²) in [6.07, 6.45) is -3.52. The predicted molar refractivity (Wildman–Crippen MR) is 78.1 cm³/mol. The number of fused-ring (bicyclic) bond motifs is 1. The highest BCUT2D eigenvalue weighted by atomic mass is 32.2. The molecule has 0 bridgehead atoms. The third-order valence-corrected chi connectivity index (χ3v) is 4.32. The van der Waals surface area contributed by atoms with Crippen LogP contribution in [0.5, 0.6) is 0 Å². The van der Waals surface area contributed by atoms with E-state index in [1.807, 2.05) is 24.3 Å². The number of anilines is 1. The van der Waals surface area contributed by atoms with Crippen LogP contribution in [-0.2, 0) is 6.18 Å². The van der Waals surface area contributed by atoms with Crippen molar-refractivity contribution in [3.8, 4) is 0 Å². The summed E-state index contributed by atoms with van der Waals surface area (Å²) < 4.78 is 37.5. The maximum atomic E-state index is 12.5. The largest absolute Gasteiger partial charge is 0.433 e. The van der Waals surface area contributed by atoms with Gasteiger partial charge in [0.05, 0.1) is 11.3 Å². The van der Waals surface area contributed by atoms with Crippen LogP contribution < -0.4 is 4.90 Å². The Labute approximate surface area is 129 Å². The average molecular weight is 324 g/mol. The number of nitrogens with zero attached hydrogens (tertiary/aromatic N) is 2. The summed E-state index contributed by atoms with van der Waals surface area (Å²) in [5.74, 6) is 0.408. The van der Waals surface area contributed by atoms with E-state index >= 15 is 0 Å². The van der Waals surface area contributed by atoms with Crippen LogP contribution >= 0.6 is 11.8 Å². The summed E-state index contributed by atoms with van der Waals surface area (Å²) in [4.78, 5) is 18.4. The normalized spacial score (nSPS) is 14.6. The Morgan fingerprint density at radius 2 is 1.95 bits per heavy atom. The van der Waals surface area contributed by atoms with E-state index in [0.29, 0.717) is 6.54 Å². The molecule has 0 radical (unpaired) electrons.